The first-order valence-corrected chi connectivity index (χ1v) is 11.4. The molecule has 0 saturated heterocycles. The van der Waals surface area contributed by atoms with Crippen LogP contribution in [0.1, 0.15) is 60.5 Å². The Morgan fingerprint density at radius 3 is 2.67 bits per heavy atom. The van der Waals surface area contributed by atoms with Crippen LogP contribution in [0.5, 0.6) is 5.75 Å². The second kappa shape index (κ2) is 9.05. The van der Waals surface area contributed by atoms with Crippen LogP contribution in [0.25, 0.3) is 0 Å². The molecule has 2 amide bonds. The van der Waals surface area contributed by atoms with Gasteiger partial charge in [-0.2, -0.15) is 5.10 Å². The topological polar surface area (TPSA) is 103 Å². The molecule has 176 valence electrons. The first kappa shape index (κ1) is 23.1. The highest BCUT2D eigenvalue weighted by molar-refractivity contribution is 6.31. The second-order valence-electron chi connectivity index (χ2n) is 8.48. The van der Waals surface area contributed by atoms with E-state index in [1.807, 2.05) is 0 Å². The van der Waals surface area contributed by atoms with Crippen molar-refractivity contribution < 1.29 is 23.9 Å². The van der Waals surface area contributed by atoms with Crippen LogP contribution in [0.4, 0.5) is 5.69 Å². The highest BCUT2D eigenvalue weighted by Crippen LogP contribution is 2.40. The summed E-state index contributed by atoms with van der Waals surface area (Å²) in [5.41, 5.74) is -0.795. The lowest BCUT2D eigenvalue weighted by atomic mass is 9.93. The summed E-state index contributed by atoms with van der Waals surface area (Å²) in [4.78, 5) is 41.1. The molecule has 1 saturated carbocycles. The van der Waals surface area contributed by atoms with Gasteiger partial charge >= 0.3 is 5.97 Å². The fourth-order valence-electron chi connectivity index (χ4n) is 4.51. The number of nitrogens with one attached hydrogen (secondary N) is 1. The number of fused-ring (bicyclic) bond motifs is 1. The lowest BCUT2D eigenvalue weighted by molar-refractivity contribution is -0.127. The number of hydrogen-bond donors (Lipinski definition) is 1. The number of hydrogen-bond acceptors (Lipinski definition) is 6. The number of nitrogens with zero attached hydrogens (tertiary/aromatic N) is 3. The smallest absolute Gasteiger partial charge is 0.358 e. The van der Waals surface area contributed by atoms with Crippen LogP contribution in [-0.2, 0) is 16.1 Å². The summed E-state index contributed by atoms with van der Waals surface area (Å²) in [7, 11) is 1.49. The minimum absolute atomic E-state index is 0.0126. The summed E-state index contributed by atoms with van der Waals surface area (Å²) in [6, 6.07) is 6.34. The third-order valence-corrected chi connectivity index (χ3v) is 6.43. The van der Waals surface area contributed by atoms with Crippen molar-refractivity contribution in [2.45, 2.75) is 57.7 Å². The average Bonchev–Trinajstić information content (AvgIpc) is 3.44. The number of halogens is 1. The number of carbonyl (C=O) groups excluding carboxylic acids is 3. The van der Waals surface area contributed by atoms with Crippen molar-refractivity contribution in [2.24, 2.45) is 0 Å². The van der Waals surface area contributed by atoms with E-state index < -0.39 is 17.4 Å². The molecule has 1 aromatic carbocycles. The summed E-state index contributed by atoms with van der Waals surface area (Å²) in [5, 5.41) is 7.77. The molecule has 1 fully saturated rings. The molecular formula is C23H27ClN4O5. The van der Waals surface area contributed by atoms with E-state index in [0.717, 1.165) is 25.7 Å². The molecule has 33 heavy (non-hydrogen) atoms. The Morgan fingerprint density at radius 1 is 1.27 bits per heavy atom. The fourth-order valence-corrected chi connectivity index (χ4v) is 4.68. The molecule has 1 aliphatic heterocycles. The van der Waals surface area contributed by atoms with Crippen molar-refractivity contribution in [3.63, 3.8) is 0 Å². The van der Waals surface area contributed by atoms with Gasteiger partial charge in [-0.25, -0.2) is 4.79 Å². The van der Waals surface area contributed by atoms with Crippen LogP contribution >= 0.6 is 11.6 Å². The zero-order chi connectivity index (χ0) is 23.8. The minimum Gasteiger partial charge on any atom is -0.495 e. The van der Waals surface area contributed by atoms with Gasteiger partial charge in [-0.3, -0.25) is 19.2 Å². The van der Waals surface area contributed by atoms with Crippen molar-refractivity contribution in [1.29, 1.82) is 0 Å². The monoisotopic (exact) mass is 474 g/mol. The van der Waals surface area contributed by atoms with E-state index in [0.29, 0.717) is 16.5 Å². The third kappa shape index (κ3) is 4.17. The zero-order valence-corrected chi connectivity index (χ0v) is 19.6. The molecule has 0 spiro atoms. The zero-order valence-electron chi connectivity index (χ0n) is 18.9. The van der Waals surface area contributed by atoms with E-state index in [1.54, 1.807) is 32.0 Å². The summed E-state index contributed by atoms with van der Waals surface area (Å²) >= 11 is 6.26. The first-order chi connectivity index (χ1) is 15.8. The van der Waals surface area contributed by atoms with Crippen LogP contribution in [0, 0.1) is 0 Å². The van der Waals surface area contributed by atoms with E-state index in [4.69, 9.17) is 21.1 Å². The first-order valence-electron chi connectivity index (χ1n) is 11.0. The molecule has 9 nitrogen and oxygen atoms in total. The van der Waals surface area contributed by atoms with Gasteiger partial charge in [0.25, 0.3) is 5.91 Å². The van der Waals surface area contributed by atoms with Gasteiger partial charge in [-0.1, -0.05) is 24.4 Å². The Labute approximate surface area is 197 Å². The maximum atomic E-state index is 13.8. The summed E-state index contributed by atoms with van der Waals surface area (Å²) in [5.74, 6) is -1.03. The molecule has 0 radical (unpaired) electrons. The molecule has 1 aliphatic carbocycles. The Kier molecular flexibility index (Phi) is 6.34. The third-order valence-electron chi connectivity index (χ3n) is 6.20. The molecule has 2 heterocycles. The van der Waals surface area contributed by atoms with Crippen LogP contribution in [0.15, 0.2) is 24.3 Å². The molecule has 1 atom stereocenters. The van der Waals surface area contributed by atoms with Crippen molar-refractivity contribution in [1.82, 2.24) is 15.1 Å². The molecule has 1 aromatic heterocycles. The molecule has 2 aliphatic rings. The number of amides is 2. The Bertz CT molecular complexity index is 1090. The lowest BCUT2D eigenvalue weighted by Gasteiger charge is -2.43. The molecule has 10 heteroatoms. The number of benzene rings is 1. The van der Waals surface area contributed by atoms with Gasteiger partial charge in [0.05, 0.1) is 25.9 Å². The SMILES string of the molecule is CCOC(=O)c1cc2n(n1)CC(C)(C(=O)NC1CCCC1)N(c1cc(Cl)ccc1OC)C2=O. The maximum absolute atomic E-state index is 13.8. The number of rotatable bonds is 6. The average molecular weight is 475 g/mol. The molecule has 1 unspecified atom stereocenters. The Morgan fingerprint density at radius 2 is 2.00 bits per heavy atom. The number of aromatic nitrogens is 2. The second-order valence-corrected chi connectivity index (χ2v) is 8.91. The van der Waals surface area contributed by atoms with Gasteiger partial charge < -0.3 is 14.8 Å². The summed E-state index contributed by atoms with van der Waals surface area (Å²) < 4.78 is 11.9. The van der Waals surface area contributed by atoms with Gasteiger partial charge in [0.2, 0.25) is 5.91 Å². The fraction of sp³-hybridized carbons (Fsp3) is 0.478. The normalized spacial score (nSPS) is 20.5. The predicted molar refractivity (Wildman–Crippen MR) is 122 cm³/mol. The van der Waals surface area contributed by atoms with E-state index in [2.05, 4.69) is 10.4 Å². The van der Waals surface area contributed by atoms with Gasteiger partial charge in [-0.15, -0.1) is 0 Å². The largest absolute Gasteiger partial charge is 0.495 e. The van der Waals surface area contributed by atoms with E-state index in [9.17, 15) is 14.4 Å². The van der Waals surface area contributed by atoms with Gasteiger partial charge in [0.15, 0.2) is 5.69 Å². The van der Waals surface area contributed by atoms with E-state index >= 15 is 0 Å². The van der Waals surface area contributed by atoms with Crippen molar-refractivity contribution in [3.05, 3.63) is 40.7 Å². The summed E-state index contributed by atoms with van der Waals surface area (Å²) in [6.07, 6.45) is 3.91. The van der Waals surface area contributed by atoms with E-state index in [-0.39, 0.29) is 36.5 Å². The van der Waals surface area contributed by atoms with Crippen LogP contribution < -0.4 is 15.0 Å². The van der Waals surface area contributed by atoms with Gasteiger partial charge in [0, 0.05) is 17.1 Å². The number of ether oxygens (including phenoxy) is 2. The summed E-state index contributed by atoms with van der Waals surface area (Å²) in [6.45, 7) is 3.60. The van der Waals surface area contributed by atoms with Crippen LogP contribution in [0.3, 0.4) is 0 Å². The lowest BCUT2D eigenvalue weighted by Crippen LogP contribution is -2.65. The quantitative estimate of drug-likeness (QED) is 0.645. The number of carbonyl (C=O) groups is 3. The number of anilines is 1. The maximum Gasteiger partial charge on any atom is 0.358 e. The Balaban J connectivity index is 1.82. The highest BCUT2D eigenvalue weighted by atomic mass is 35.5. The minimum atomic E-state index is -1.34. The van der Waals surface area contributed by atoms with Crippen LogP contribution in [-0.4, -0.2) is 52.9 Å². The van der Waals surface area contributed by atoms with Crippen molar-refractivity contribution in [2.75, 3.05) is 18.6 Å². The molecule has 1 N–H and O–H groups in total. The molecule has 4 rings (SSSR count). The number of methoxy groups -OCH3 is 1. The van der Waals surface area contributed by atoms with E-state index in [1.165, 1.54) is 22.8 Å². The molecule has 2 aromatic rings. The van der Waals surface area contributed by atoms with Gasteiger partial charge in [-0.05, 0) is 44.9 Å². The highest BCUT2D eigenvalue weighted by Gasteiger charge is 2.50. The Hall–Kier alpha value is -3.07. The van der Waals surface area contributed by atoms with Crippen LogP contribution in [0.2, 0.25) is 5.02 Å². The van der Waals surface area contributed by atoms with Crippen molar-refractivity contribution in [3.8, 4) is 5.75 Å². The number of esters is 1. The molecule has 0 bridgehead atoms. The van der Waals surface area contributed by atoms with Crippen molar-refractivity contribution >= 4 is 35.1 Å². The molecular weight excluding hydrogens is 448 g/mol. The standard InChI is InChI=1S/C23H27ClN4O5/c1-4-33-21(30)16-12-18-20(29)28(17-11-14(24)9-10-19(17)32-3)23(2,13-27(18)26-16)22(31)25-15-7-5-6-8-15/h9-12,15H,4-8,13H2,1-3H3,(H,25,31). The van der Waals surface area contributed by atoms with Gasteiger partial charge in [0.1, 0.15) is 17.0 Å². The predicted octanol–water partition coefficient (Wildman–Crippen LogP) is 3.20.